The highest BCUT2D eigenvalue weighted by Gasteiger charge is 2.15. The minimum atomic E-state index is -3.54. The molecule has 0 saturated carbocycles. The molecule has 1 heterocycles. The van der Waals surface area contributed by atoms with Crippen LogP contribution in [-0.4, -0.2) is 13.5 Å². The van der Waals surface area contributed by atoms with Gasteiger partial charge in [-0.25, -0.2) is 13.1 Å². The molecule has 1 aromatic heterocycles. The van der Waals surface area contributed by atoms with Gasteiger partial charge in [-0.15, -0.1) is 11.3 Å². The molecule has 0 spiro atoms. The van der Waals surface area contributed by atoms with Crippen LogP contribution < -0.4 is 4.72 Å². The molecule has 0 fully saturated rings. The first kappa shape index (κ1) is 15.7. The molecular formula is C13H14BrNO3S2. The minimum Gasteiger partial charge on any atom is -0.389 e. The molecule has 0 saturated heterocycles. The topological polar surface area (TPSA) is 66.4 Å². The summed E-state index contributed by atoms with van der Waals surface area (Å²) >= 11 is 4.85. The van der Waals surface area contributed by atoms with E-state index < -0.39 is 16.1 Å². The fourth-order valence-electron chi connectivity index (χ4n) is 1.62. The van der Waals surface area contributed by atoms with Gasteiger partial charge < -0.3 is 5.11 Å². The maximum atomic E-state index is 12.1. The Labute approximate surface area is 130 Å². The normalized spacial score (nSPS) is 13.3. The van der Waals surface area contributed by atoms with Gasteiger partial charge in [-0.2, -0.15) is 0 Å². The van der Waals surface area contributed by atoms with Gasteiger partial charge in [0.1, 0.15) is 0 Å². The summed E-state index contributed by atoms with van der Waals surface area (Å²) in [6, 6.07) is 8.09. The van der Waals surface area contributed by atoms with Gasteiger partial charge in [-0.1, -0.05) is 12.1 Å². The first-order valence-corrected chi connectivity index (χ1v) is 9.05. The Morgan fingerprint density at radius 1 is 1.30 bits per heavy atom. The van der Waals surface area contributed by atoms with Crippen LogP contribution in [0, 0.1) is 0 Å². The van der Waals surface area contributed by atoms with Crippen molar-refractivity contribution in [2.45, 2.75) is 24.5 Å². The molecule has 2 N–H and O–H groups in total. The van der Waals surface area contributed by atoms with E-state index in [4.69, 9.17) is 0 Å². The molecule has 0 aliphatic carbocycles. The van der Waals surface area contributed by atoms with E-state index >= 15 is 0 Å². The molecule has 1 unspecified atom stereocenters. The molecule has 0 amide bonds. The number of thiophene rings is 1. The maximum absolute atomic E-state index is 12.1. The van der Waals surface area contributed by atoms with Crippen LogP contribution in [-0.2, 0) is 16.6 Å². The van der Waals surface area contributed by atoms with Crippen LogP contribution >= 0.6 is 27.3 Å². The second kappa shape index (κ2) is 6.36. The molecule has 1 atom stereocenters. The van der Waals surface area contributed by atoms with Crippen LogP contribution in [0.3, 0.4) is 0 Å². The van der Waals surface area contributed by atoms with E-state index in [1.54, 1.807) is 19.1 Å². The molecule has 2 aromatic rings. The molecule has 108 valence electrons. The monoisotopic (exact) mass is 375 g/mol. The van der Waals surface area contributed by atoms with Gasteiger partial charge in [0.2, 0.25) is 10.0 Å². The smallest absolute Gasteiger partial charge is 0.240 e. The Kier molecular flexibility index (Phi) is 4.98. The zero-order valence-electron chi connectivity index (χ0n) is 10.7. The molecule has 4 nitrogen and oxygen atoms in total. The molecule has 0 aliphatic heterocycles. The highest BCUT2D eigenvalue weighted by atomic mass is 79.9. The third-order valence-corrected chi connectivity index (χ3v) is 6.13. The van der Waals surface area contributed by atoms with Gasteiger partial charge >= 0.3 is 0 Å². The molecule has 0 bridgehead atoms. The lowest BCUT2D eigenvalue weighted by Gasteiger charge is -2.08. The third kappa shape index (κ3) is 3.67. The Morgan fingerprint density at radius 2 is 1.95 bits per heavy atom. The predicted molar refractivity (Wildman–Crippen MR) is 83.1 cm³/mol. The average molecular weight is 376 g/mol. The highest BCUT2D eigenvalue weighted by molar-refractivity contribution is 9.10. The van der Waals surface area contributed by atoms with Crippen molar-refractivity contribution in [3.63, 3.8) is 0 Å². The van der Waals surface area contributed by atoms with Crippen LogP contribution in [0.4, 0.5) is 0 Å². The molecule has 0 radical (unpaired) electrons. The van der Waals surface area contributed by atoms with Gasteiger partial charge in [-0.3, -0.25) is 0 Å². The fourth-order valence-corrected chi connectivity index (χ4v) is 4.14. The lowest BCUT2D eigenvalue weighted by molar-refractivity contribution is 0.199. The Bertz CT molecular complexity index is 678. The zero-order chi connectivity index (χ0) is 14.8. The summed E-state index contributed by atoms with van der Waals surface area (Å²) in [4.78, 5) is 1.11. The van der Waals surface area contributed by atoms with Crippen molar-refractivity contribution in [2.75, 3.05) is 0 Å². The van der Waals surface area contributed by atoms with Gasteiger partial charge in [0, 0.05) is 15.9 Å². The van der Waals surface area contributed by atoms with Crippen molar-refractivity contribution < 1.29 is 13.5 Å². The third-order valence-electron chi connectivity index (χ3n) is 2.79. The summed E-state index contributed by atoms with van der Waals surface area (Å²) in [7, 11) is -3.54. The number of rotatable bonds is 5. The van der Waals surface area contributed by atoms with E-state index in [0.717, 1.165) is 9.35 Å². The average Bonchev–Trinajstić information content (AvgIpc) is 2.82. The van der Waals surface area contributed by atoms with Crippen molar-refractivity contribution in [1.29, 1.82) is 0 Å². The van der Waals surface area contributed by atoms with Crippen LogP contribution in [0.15, 0.2) is 45.1 Å². The number of aliphatic hydroxyl groups excluding tert-OH is 1. The SMILES string of the molecule is CC(O)c1ccc(S(=O)(=O)NCc2sccc2Br)cc1. The molecule has 2 rings (SSSR count). The van der Waals surface area contributed by atoms with Crippen molar-refractivity contribution in [2.24, 2.45) is 0 Å². The van der Waals surface area contributed by atoms with Gasteiger partial charge in [-0.05, 0) is 52.0 Å². The van der Waals surface area contributed by atoms with Crippen molar-refractivity contribution >= 4 is 37.3 Å². The summed E-state index contributed by atoms with van der Waals surface area (Å²) in [5, 5.41) is 11.3. The van der Waals surface area contributed by atoms with Crippen molar-refractivity contribution in [3.8, 4) is 0 Å². The van der Waals surface area contributed by atoms with E-state index in [1.807, 2.05) is 11.4 Å². The molecule has 20 heavy (non-hydrogen) atoms. The lowest BCUT2D eigenvalue weighted by Crippen LogP contribution is -2.22. The molecule has 1 aromatic carbocycles. The second-order valence-electron chi connectivity index (χ2n) is 4.26. The Hall–Kier alpha value is -0.730. The second-order valence-corrected chi connectivity index (χ2v) is 7.88. The lowest BCUT2D eigenvalue weighted by atomic mass is 10.1. The number of nitrogens with one attached hydrogen (secondary N) is 1. The predicted octanol–water partition coefficient (Wildman–Crippen LogP) is 3.04. The summed E-state index contributed by atoms with van der Waals surface area (Å²) in [6.45, 7) is 1.88. The van der Waals surface area contributed by atoms with Crippen molar-refractivity contribution in [1.82, 2.24) is 4.72 Å². The first-order chi connectivity index (χ1) is 9.40. The Balaban J connectivity index is 2.12. The number of benzene rings is 1. The van der Waals surface area contributed by atoms with Gasteiger partial charge in [0.15, 0.2) is 0 Å². The largest absolute Gasteiger partial charge is 0.389 e. The van der Waals surface area contributed by atoms with Crippen LogP contribution in [0.2, 0.25) is 0 Å². The number of halogens is 1. The minimum absolute atomic E-state index is 0.189. The zero-order valence-corrected chi connectivity index (χ0v) is 13.9. The molecule has 7 heteroatoms. The highest BCUT2D eigenvalue weighted by Crippen LogP contribution is 2.23. The van der Waals surface area contributed by atoms with Crippen LogP contribution in [0.5, 0.6) is 0 Å². The van der Waals surface area contributed by atoms with E-state index in [9.17, 15) is 13.5 Å². The standard InChI is InChI=1S/C13H14BrNO3S2/c1-9(16)10-2-4-11(5-3-10)20(17,18)15-8-13-12(14)6-7-19-13/h2-7,9,15-16H,8H2,1H3. The maximum Gasteiger partial charge on any atom is 0.240 e. The van der Waals surface area contributed by atoms with Crippen LogP contribution in [0.1, 0.15) is 23.5 Å². The van der Waals surface area contributed by atoms with E-state index in [2.05, 4.69) is 20.7 Å². The summed E-state index contributed by atoms with van der Waals surface area (Å²) < 4.78 is 27.7. The number of hydrogen-bond acceptors (Lipinski definition) is 4. The summed E-state index contributed by atoms with van der Waals surface area (Å²) in [5.41, 5.74) is 0.685. The van der Waals surface area contributed by atoms with E-state index in [1.165, 1.54) is 23.5 Å². The quantitative estimate of drug-likeness (QED) is 0.843. The summed E-state index contributed by atoms with van der Waals surface area (Å²) in [5.74, 6) is 0. The summed E-state index contributed by atoms with van der Waals surface area (Å²) in [6.07, 6.45) is -0.609. The number of aliphatic hydroxyl groups is 1. The van der Waals surface area contributed by atoms with Gasteiger partial charge in [0.25, 0.3) is 0 Å². The molecular weight excluding hydrogens is 362 g/mol. The fraction of sp³-hybridized carbons (Fsp3) is 0.231. The van der Waals surface area contributed by atoms with E-state index in [-0.39, 0.29) is 11.4 Å². The van der Waals surface area contributed by atoms with Gasteiger partial charge in [0.05, 0.1) is 11.0 Å². The van der Waals surface area contributed by atoms with Crippen molar-refractivity contribution in [3.05, 3.63) is 50.6 Å². The number of hydrogen-bond donors (Lipinski definition) is 2. The number of sulfonamides is 1. The van der Waals surface area contributed by atoms with E-state index in [0.29, 0.717) is 5.56 Å². The van der Waals surface area contributed by atoms with Crippen LogP contribution in [0.25, 0.3) is 0 Å². The Morgan fingerprint density at radius 3 is 2.45 bits per heavy atom. The molecule has 0 aliphatic rings. The first-order valence-electron chi connectivity index (χ1n) is 5.90.